The highest BCUT2D eigenvalue weighted by Crippen LogP contribution is 2.37. The zero-order chi connectivity index (χ0) is 19.5. The summed E-state index contributed by atoms with van der Waals surface area (Å²) in [7, 11) is 1.72. The molecular formula is C20H25N5O2. The lowest BCUT2D eigenvalue weighted by molar-refractivity contribution is -0.137. The predicted octanol–water partition coefficient (Wildman–Crippen LogP) is 2.59. The van der Waals surface area contributed by atoms with Crippen LogP contribution in [0, 0.1) is 12.8 Å². The van der Waals surface area contributed by atoms with Gasteiger partial charge in [-0.15, -0.1) is 0 Å². The minimum atomic E-state index is -0.509. The Morgan fingerprint density at radius 3 is 2.52 bits per heavy atom. The smallest absolute Gasteiger partial charge is 0.302 e. The molecule has 2 atom stereocenters. The first-order chi connectivity index (χ1) is 12.8. The molecule has 3 amide bonds. The third-order valence-electron chi connectivity index (χ3n) is 5.29. The zero-order valence-corrected chi connectivity index (χ0v) is 16.4. The fourth-order valence-corrected chi connectivity index (χ4v) is 4.00. The van der Waals surface area contributed by atoms with E-state index >= 15 is 0 Å². The summed E-state index contributed by atoms with van der Waals surface area (Å²) in [5.74, 6) is 0.742. The standard InChI is InChI=1S/C20H25N5O2/c1-12(2)10-24-18(26)16-17(22(5)20(24)27)21-19-23(16)11-14(4)25(19)15-9-7-6-8-13(15)3/h6-9,11-12,16-17H,10H2,1-5H3. The van der Waals surface area contributed by atoms with Gasteiger partial charge in [0.2, 0.25) is 5.96 Å². The summed E-state index contributed by atoms with van der Waals surface area (Å²) < 4.78 is 0. The SMILES string of the molecule is CC1=CN2C(=NC3C2C(=O)N(CC(C)C)C(=O)N3C)N1c1ccccc1C. The van der Waals surface area contributed by atoms with Crippen LogP contribution in [0.15, 0.2) is 41.2 Å². The van der Waals surface area contributed by atoms with Crippen molar-refractivity contribution >= 4 is 23.6 Å². The number of fused-ring (bicyclic) bond motifs is 3. The normalized spacial score (nSPS) is 24.5. The number of likely N-dealkylation sites (N-methyl/N-ethyl adjacent to an activating group) is 1. The zero-order valence-electron chi connectivity index (χ0n) is 16.4. The van der Waals surface area contributed by atoms with Gasteiger partial charge in [-0.3, -0.25) is 14.6 Å². The number of amides is 3. The van der Waals surface area contributed by atoms with Crippen LogP contribution in [-0.4, -0.2) is 58.4 Å². The maximum Gasteiger partial charge on any atom is 0.328 e. The summed E-state index contributed by atoms with van der Waals surface area (Å²) in [6.45, 7) is 8.49. The van der Waals surface area contributed by atoms with E-state index in [4.69, 9.17) is 4.99 Å². The number of urea groups is 1. The van der Waals surface area contributed by atoms with Crippen molar-refractivity contribution in [2.45, 2.75) is 39.9 Å². The first kappa shape index (κ1) is 17.6. The third kappa shape index (κ3) is 2.52. The second-order valence-corrected chi connectivity index (χ2v) is 7.82. The number of allylic oxidation sites excluding steroid dienone is 1. The van der Waals surface area contributed by atoms with Crippen LogP contribution < -0.4 is 4.90 Å². The van der Waals surface area contributed by atoms with Gasteiger partial charge < -0.3 is 9.80 Å². The van der Waals surface area contributed by atoms with E-state index in [0.29, 0.717) is 12.5 Å². The molecule has 27 heavy (non-hydrogen) atoms. The van der Waals surface area contributed by atoms with Gasteiger partial charge in [0, 0.05) is 25.5 Å². The molecule has 0 aliphatic carbocycles. The van der Waals surface area contributed by atoms with Crippen LogP contribution in [-0.2, 0) is 4.79 Å². The van der Waals surface area contributed by atoms with Crippen molar-refractivity contribution in [3.63, 3.8) is 0 Å². The summed E-state index contributed by atoms with van der Waals surface area (Å²) in [4.78, 5) is 37.6. The Balaban J connectivity index is 1.73. The summed E-state index contributed by atoms with van der Waals surface area (Å²) in [5.41, 5.74) is 3.16. The number of aliphatic imine (C=N–C) groups is 1. The van der Waals surface area contributed by atoms with Gasteiger partial charge in [-0.1, -0.05) is 32.0 Å². The van der Waals surface area contributed by atoms with E-state index in [1.807, 2.05) is 50.1 Å². The Bertz CT molecular complexity index is 875. The molecule has 4 rings (SSSR count). The van der Waals surface area contributed by atoms with Crippen molar-refractivity contribution < 1.29 is 9.59 Å². The Kier molecular flexibility index (Phi) is 3.98. The number of anilines is 1. The number of nitrogens with zero attached hydrogens (tertiary/aromatic N) is 5. The molecule has 142 valence electrons. The maximum absolute atomic E-state index is 13.2. The first-order valence-electron chi connectivity index (χ1n) is 9.29. The van der Waals surface area contributed by atoms with E-state index in [-0.39, 0.29) is 17.9 Å². The lowest BCUT2D eigenvalue weighted by Crippen LogP contribution is -2.64. The largest absolute Gasteiger partial charge is 0.328 e. The van der Waals surface area contributed by atoms with E-state index in [9.17, 15) is 9.59 Å². The highest BCUT2D eigenvalue weighted by atomic mass is 16.2. The van der Waals surface area contributed by atoms with Crippen LogP contribution in [0.25, 0.3) is 0 Å². The number of rotatable bonds is 3. The van der Waals surface area contributed by atoms with Gasteiger partial charge in [0.15, 0.2) is 12.2 Å². The molecule has 0 radical (unpaired) electrons. The van der Waals surface area contributed by atoms with Gasteiger partial charge in [0.05, 0.1) is 5.69 Å². The van der Waals surface area contributed by atoms with Gasteiger partial charge in [-0.25, -0.2) is 9.79 Å². The fourth-order valence-electron chi connectivity index (χ4n) is 4.00. The van der Waals surface area contributed by atoms with Crippen molar-refractivity contribution in [1.29, 1.82) is 0 Å². The topological polar surface area (TPSA) is 59.5 Å². The average Bonchev–Trinajstić information content (AvgIpc) is 3.12. The second kappa shape index (κ2) is 6.11. The van der Waals surface area contributed by atoms with Crippen LogP contribution in [0.1, 0.15) is 26.3 Å². The maximum atomic E-state index is 13.2. The van der Waals surface area contributed by atoms with E-state index in [1.54, 1.807) is 11.9 Å². The number of benzene rings is 1. The van der Waals surface area contributed by atoms with Crippen LogP contribution in [0.2, 0.25) is 0 Å². The fraction of sp³-hybridized carbons (Fsp3) is 0.450. The summed E-state index contributed by atoms with van der Waals surface area (Å²) in [6.07, 6.45) is 1.46. The van der Waals surface area contributed by atoms with E-state index in [0.717, 1.165) is 16.9 Å². The Morgan fingerprint density at radius 1 is 1.15 bits per heavy atom. The van der Waals surface area contributed by atoms with E-state index < -0.39 is 12.2 Å². The van der Waals surface area contributed by atoms with Crippen LogP contribution >= 0.6 is 0 Å². The molecule has 0 saturated carbocycles. The molecule has 7 nitrogen and oxygen atoms in total. The molecule has 3 heterocycles. The van der Waals surface area contributed by atoms with Crippen molar-refractivity contribution in [2.75, 3.05) is 18.5 Å². The van der Waals surface area contributed by atoms with Crippen LogP contribution in [0.5, 0.6) is 0 Å². The van der Waals surface area contributed by atoms with Gasteiger partial charge in [0.1, 0.15) is 0 Å². The predicted molar refractivity (Wildman–Crippen MR) is 104 cm³/mol. The number of carbonyl (C=O) groups is 2. The Hall–Kier alpha value is -2.83. The molecule has 1 saturated heterocycles. The lowest BCUT2D eigenvalue weighted by atomic mass is 10.1. The molecule has 0 aromatic heterocycles. The monoisotopic (exact) mass is 367 g/mol. The Morgan fingerprint density at radius 2 is 1.85 bits per heavy atom. The average molecular weight is 367 g/mol. The number of hydrogen-bond donors (Lipinski definition) is 0. The highest BCUT2D eigenvalue weighted by Gasteiger charge is 2.54. The van der Waals surface area contributed by atoms with Crippen molar-refractivity contribution in [3.05, 3.63) is 41.7 Å². The molecule has 3 aliphatic heterocycles. The number of hydrogen-bond acceptors (Lipinski definition) is 5. The molecule has 7 heteroatoms. The molecule has 3 aliphatic rings. The molecule has 1 aromatic carbocycles. The molecular weight excluding hydrogens is 342 g/mol. The van der Waals surface area contributed by atoms with Crippen LogP contribution in [0.4, 0.5) is 10.5 Å². The molecule has 2 unspecified atom stereocenters. The minimum absolute atomic E-state index is 0.175. The van der Waals surface area contributed by atoms with Gasteiger partial charge in [-0.2, -0.15) is 0 Å². The van der Waals surface area contributed by atoms with Crippen molar-refractivity contribution in [1.82, 2.24) is 14.7 Å². The first-order valence-corrected chi connectivity index (χ1v) is 9.29. The molecule has 0 N–H and O–H groups in total. The minimum Gasteiger partial charge on any atom is -0.302 e. The number of para-hydroxylation sites is 1. The van der Waals surface area contributed by atoms with Crippen LogP contribution in [0.3, 0.4) is 0 Å². The summed E-state index contributed by atoms with van der Waals surface area (Å²) in [6, 6.07) is 7.31. The molecule has 0 spiro atoms. The van der Waals surface area contributed by atoms with E-state index in [1.165, 1.54) is 4.90 Å². The molecule has 0 bridgehead atoms. The number of imide groups is 1. The quantitative estimate of drug-likeness (QED) is 0.824. The summed E-state index contributed by atoms with van der Waals surface area (Å²) >= 11 is 0. The van der Waals surface area contributed by atoms with E-state index in [2.05, 4.69) is 17.9 Å². The second-order valence-electron chi connectivity index (χ2n) is 7.82. The van der Waals surface area contributed by atoms with Gasteiger partial charge in [-0.05, 0) is 31.4 Å². The summed E-state index contributed by atoms with van der Waals surface area (Å²) in [5, 5.41) is 0. The van der Waals surface area contributed by atoms with Gasteiger partial charge in [0.25, 0.3) is 5.91 Å². The lowest BCUT2D eigenvalue weighted by Gasteiger charge is -2.40. The third-order valence-corrected chi connectivity index (χ3v) is 5.29. The van der Waals surface area contributed by atoms with Crippen molar-refractivity contribution in [2.24, 2.45) is 10.9 Å². The molecule has 1 aromatic rings. The van der Waals surface area contributed by atoms with Crippen molar-refractivity contribution in [3.8, 4) is 0 Å². The number of carbonyl (C=O) groups excluding carboxylic acids is 2. The van der Waals surface area contributed by atoms with Gasteiger partial charge >= 0.3 is 6.03 Å². The number of aryl methyl sites for hydroxylation is 1. The number of guanidine groups is 1. The molecule has 1 fully saturated rings. The highest BCUT2D eigenvalue weighted by molar-refractivity contribution is 6.10. The Labute approximate surface area is 159 Å².